The summed E-state index contributed by atoms with van der Waals surface area (Å²) >= 11 is 0. The zero-order valence-electron chi connectivity index (χ0n) is 9.09. The maximum atomic E-state index is 11.4. The van der Waals surface area contributed by atoms with Crippen LogP contribution in [0.5, 0.6) is 0 Å². The highest BCUT2D eigenvalue weighted by atomic mass is 16.1. The first-order valence-corrected chi connectivity index (χ1v) is 5.59. The average Bonchev–Trinajstić information content (AvgIpc) is 2.15. The topological polar surface area (TPSA) is 78.9 Å². The lowest BCUT2D eigenvalue weighted by Gasteiger charge is -2.37. The molecule has 1 fully saturated rings. The van der Waals surface area contributed by atoms with E-state index in [2.05, 4.69) is 11.4 Å². The van der Waals surface area contributed by atoms with Gasteiger partial charge in [0.05, 0.1) is 6.07 Å². The maximum absolute atomic E-state index is 11.4. The van der Waals surface area contributed by atoms with Crippen LogP contribution in [0.25, 0.3) is 0 Å². The summed E-state index contributed by atoms with van der Waals surface area (Å²) in [5.74, 6) is 0.0501. The molecule has 0 aromatic carbocycles. The van der Waals surface area contributed by atoms with Gasteiger partial charge in [-0.05, 0) is 32.1 Å². The van der Waals surface area contributed by atoms with Crippen LogP contribution in [-0.4, -0.2) is 18.0 Å². The molecule has 4 heteroatoms. The Labute approximate surface area is 90.8 Å². The van der Waals surface area contributed by atoms with Crippen LogP contribution in [0.2, 0.25) is 0 Å². The molecule has 0 bridgehead atoms. The quantitative estimate of drug-likeness (QED) is 0.642. The minimum absolute atomic E-state index is 0.0501. The summed E-state index contributed by atoms with van der Waals surface area (Å²) in [7, 11) is 0. The molecule has 0 spiro atoms. The third-order valence-corrected chi connectivity index (χ3v) is 2.90. The second-order valence-corrected chi connectivity index (χ2v) is 4.36. The van der Waals surface area contributed by atoms with Gasteiger partial charge >= 0.3 is 0 Å². The first-order valence-electron chi connectivity index (χ1n) is 5.59. The maximum Gasteiger partial charge on any atom is 0.221 e. The fourth-order valence-electron chi connectivity index (χ4n) is 1.75. The molecule has 0 atom stereocenters. The second kappa shape index (κ2) is 5.72. The molecular formula is C11H19N3O. The van der Waals surface area contributed by atoms with Crippen LogP contribution in [0, 0.1) is 11.3 Å². The number of carbonyl (C=O) groups is 1. The summed E-state index contributed by atoms with van der Waals surface area (Å²) < 4.78 is 0. The highest BCUT2D eigenvalue weighted by Crippen LogP contribution is 2.31. The summed E-state index contributed by atoms with van der Waals surface area (Å²) in [5, 5.41) is 11.2. The van der Waals surface area contributed by atoms with Crippen LogP contribution in [0.4, 0.5) is 0 Å². The van der Waals surface area contributed by atoms with E-state index < -0.39 is 0 Å². The first kappa shape index (κ1) is 12.0. The largest absolute Gasteiger partial charge is 0.356 e. The van der Waals surface area contributed by atoms with Crippen molar-refractivity contribution in [1.29, 1.82) is 5.26 Å². The van der Waals surface area contributed by atoms with E-state index in [0.29, 0.717) is 19.4 Å². The lowest BCUT2D eigenvalue weighted by atomic mass is 9.75. The molecule has 0 heterocycles. The Morgan fingerprint density at radius 1 is 1.47 bits per heavy atom. The van der Waals surface area contributed by atoms with E-state index >= 15 is 0 Å². The van der Waals surface area contributed by atoms with Crippen molar-refractivity contribution < 1.29 is 4.79 Å². The van der Waals surface area contributed by atoms with Gasteiger partial charge in [0.2, 0.25) is 5.91 Å². The summed E-state index contributed by atoms with van der Waals surface area (Å²) in [4.78, 5) is 11.4. The summed E-state index contributed by atoms with van der Waals surface area (Å²) in [6.45, 7) is 0.663. The first-order chi connectivity index (χ1) is 7.16. The van der Waals surface area contributed by atoms with Gasteiger partial charge < -0.3 is 11.1 Å². The van der Waals surface area contributed by atoms with Crippen molar-refractivity contribution in [2.45, 2.75) is 50.5 Å². The summed E-state index contributed by atoms with van der Waals surface area (Å²) in [6, 6.07) is 2.08. The number of unbranched alkanes of at least 4 members (excludes halogenated alkanes) is 2. The van der Waals surface area contributed by atoms with E-state index in [9.17, 15) is 4.79 Å². The molecule has 0 aromatic heterocycles. The van der Waals surface area contributed by atoms with E-state index in [1.165, 1.54) is 0 Å². The van der Waals surface area contributed by atoms with Crippen molar-refractivity contribution in [2.24, 2.45) is 5.73 Å². The predicted molar refractivity (Wildman–Crippen MR) is 57.9 cm³/mol. The van der Waals surface area contributed by atoms with Crippen LogP contribution in [0.1, 0.15) is 44.9 Å². The standard InChI is InChI=1S/C11H19N3O/c12-7-2-1-3-8-14-10(15)9-11(13)5-4-6-11/h1-6,8-9,13H2,(H,14,15). The van der Waals surface area contributed by atoms with Crippen molar-refractivity contribution >= 4 is 5.91 Å². The lowest BCUT2D eigenvalue weighted by molar-refractivity contribution is -0.123. The van der Waals surface area contributed by atoms with Crippen LogP contribution in [-0.2, 0) is 4.79 Å². The number of hydrogen-bond donors (Lipinski definition) is 2. The van der Waals surface area contributed by atoms with E-state index in [0.717, 1.165) is 32.1 Å². The molecule has 1 aliphatic rings. The van der Waals surface area contributed by atoms with Gasteiger partial charge in [0, 0.05) is 24.9 Å². The van der Waals surface area contributed by atoms with Crippen molar-refractivity contribution in [1.82, 2.24) is 5.32 Å². The van der Waals surface area contributed by atoms with Gasteiger partial charge in [-0.25, -0.2) is 0 Å². The number of amides is 1. The van der Waals surface area contributed by atoms with Gasteiger partial charge in [-0.1, -0.05) is 0 Å². The van der Waals surface area contributed by atoms with Gasteiger partial charge in [0.15, 0.2) is 0 Å². The molecule has 1 amide bonds. The number of rotatable bonds is 6. The van der Waals surface area contributed by atoms with E-state index in [1.807, 2.05) is 0 Å². The fourth-order valence-corrected chi connectivity index (χ4v) is 1.75. The Morgan fingerprint density at radius 3 is 2.73 bits per heavy atom. The molecule has 1 rings (SSSR count). The van der Waals surface area contributed by atoms with E-state index in [4.69, 9.17) is 11.0 Å². The van der Waals surface area contributed by atoms with Crippen molar-refractivity contribution in [3.63, 3.8) is 0 Å². The van der Waals surface area contributed by atoms with Crippen LogP contribution < -0.4 is 11.1 Å². The number of nitrogens with one attached hydrogen (secondary N) is 1. The Bertz CT molecular complexity index is 253. The predicted octanol–water partition coefficient (Wildman–Crippen LogP) is 1.07. The second-order valence-electron chi connectivity index (χ2n) is 4.36. The van der Waals surface area contributed by atoms with Crippen molar-refractivity contribution in [3.05, 3.63) is 0 Å². The molecule has 84 valence electrons. The molecule has 0 saturated heterocycles. The van der Waals surface area contributed by atoms with Gasteiger partial charge in [0.25, 0.3) is 0 Å². The van der Waals surface area contributed by atoms with Crippen LogP contribution >= 0.6 is 0 Å². The molecule has 0 aromatic rings. The number of hydrogen-bond acceptors (Lipinski definition) is 3. The molecule has 0 radical (unpaired) electrons. The minimum Gasteiger partial charge on any atom is -0.356 e. The molecular weight excluding hydrogens is 190 g/mol. The number of nitriles is 1. The highest BCUT2D eigenvalue weighted by molar-refractivity contribution is 5.77. The SMILES string of the molecule is N#CCCCCNC(=O)CC1(N)CCC1. The Morgan fingerprint density at radius 2 is 2.20 bits per heavy atom. The van der Waals surface area contributed by atoms with Crippen molar-refractivity contribution in [2.75, 3.05) is 6.54 Å². The molecule has 3 N–H and O–H groups in total. The molecule has 1 aliphatic carbocycles. The Hall–Kier alpha value is -1.08. The number of nitrogens with zero attached hydrogens (tertiary/aromatic N) is 1. The average molecular weight is 209 g/mol. The molecule has 15 heavy (non-hydrogen) atoms. The lowest BCUT2D eigenvalue weighted by Crippen LogP contribution is -2.50. The fraction of sp³-hybridized carbons (Fsp3) is 0.818. The Kier molecular flexibility index (Phi) is 4.57. The van der Waals surface area contributed by atoms with Crippen LogP contribution in [0.3, 0.4) is 0 Å². The molecule has 0 aliphatic heterocycles. The zero-order chi connectivity index (χ0) is 11.1. The van der Waals surface area contributed by atoms with E-state index in [1.54, 1.807) is 0 Å². The molecule has 0 unspecified atom stereocenters. The smallest absolute Gasteiger partial charge is 0.221 e. The zero-order valence-corrected chi connectivity index (χ0v) is 9.09. The van der Waals surface area contributed by atoms with E-state index in [-0.39, 0.29) is 11.4 Å². The van der Waals surface area contributed by atoms with Gasteiger partial charge in [-0.15, -0.1) is 0 Å². The molecule has 4 nitrogen and oxygen atoms in total. The van der Waals surface area contributed by atoms with Gasteiger partial charge in [0.1, 0.15) is 0 Å². The molecule has 1 saturated carbocycles. The third-order valence-electron chi connectivity index (χ3n) is 2.90. The summed E-state index contributed by atoms with van der Waals surface area (Å²) in [6.07, 6.45) is 5.82. The monoisotopic (exact) mass is 209 g/mol. The highest BCUT2D eigenvalue weighted by Gasteiger charge is 2.34. The van der Waals surface area contributed by atoms with Gasteiger partial charge in [-0.3, -0.25) is 4.79 Å². The Balaban J connectivity index is 2.01. The number of nitrogens with two attached hydrogens (primary N) is 1. The third kappa shape index (κ3) is 4.30. The minimum atomic E-state index is -0.225. The number of carbonyl (C=O) groups excluding carboxylic acids is 1. The summed E-state index contributed by atoms with van der Waals surface area (Å²) in [5.41, 5.74) is 5.73. The van der Waals surface area contributed by atoms with Crippen LogP contribution in [0.15, 0.2) is 0 Å². The van der Waals surface area contributed by atoms with Gasteiger partial charge in [-0.2, -0.15) is 5.26 Å². The van der Waals surface area contributed by atoms with Crippen molar-refractivity contribution in [3.8, 4) is 6.07 Å². The normalized spacial score (nSPS) is 17.6.